The highest BCUT2D eigenvalue weighted by Gasteiger charge is 2.20. The molecule has 0 aliphatic rings. The second kappa shape index (κ2) is 7.26. The first-order valence-corrected chi connectivity index (χ1v) is 7.50. The predicted octanol–water partition coefficient (Wildman–Crippen LogP) is 2.09. The molecule has 1 unspecified atom stereocenters. The van der Waals surface area contributed by atoms with E-state index in [0.29, 0.717) is 24.3 Å². The quantitative estimate of drug-likeness (QED) is 0.795. The molecule has 2 aromatic rings. The molecule has 1 amide bonds. The Kier molecular flexibility index (Phi) is 5.38. The topological polar surface area (TPSA) is 73.5 Å². The van der Waals surface area contributed by atoms with Crippen LogP contribution in [0.2, 0.25) is 0 Å². The van der Waals surface area contributed by atoms with Crippen LogP contribution in [0.1, 0.15) is 33.2 Å². The zero-order chi connectivity index (χ0) is 16.1. The third-order valence-corrected chi connectivity index (χ3v) is 3.36. The fourth-order valence-corrected chi connectivity index (χ4v) is 2.22. The average Bonchev–Trinajstić information content (AvgIpc) is 2.81. The standard InChI is InChI=1S/C16H22N2O4/c1-11(2)21-10-6-9-17-15(19)12(3)18-13-7-4-5-8-14(13)22-16(18)20/h4-5,7-8,11-12H,6,9-10H2,1-3H3,(H,17,19). The van der Waals surface area contributed by atoms with E-state index in [2.05, 4.69) is 5.32 Å². The zero-order valence-electron chi connectivity index (χ0n) is 13.2. The van der Waals surface area contributed by atoms with Gasteiger partial charge in [-0.3, -0.25) is 9.36 Å². The molecule has 0 radical (unpaired) electrons. The highest BCUT2D eigenvalue weighted by molar-refractivity contribution is 5.82. The summed E-state index contributed by atoms with van der Waals surface area (Å²) in [5.74, 6) is -0.731. The third-order valence-electron chi connectivity index (χ3n) is 3.36. The molecule has 1 aromatic carbocycles. The molecule has 2 rings (SSSR count). The molecule has 6 nitrogen and oxygen atoms in total. The van der Waals surface area contributed by atoms with Crippen LogP contribution >= 0.6 is 0 Å². The highest BCUT2D eigenvalue weighted by atomic mass is 16.5. The van der Waals surface area contributed by atoms with Gasteiger partial charge in [0.05, 0.1) is 11.6 Å². The Morgan fingerprint density at radius 1 is 1.32 bits per heavy atom. The molecule has 1 heterocycles. The summed E-state index contributed by atoms with van der Waals surface area (Å²) in [4.78, 5) is 24.1. The van der Waals surface area contributed by atoms with Gasteiger partial charge < -0.3 is 14.5 Å². The van der Waals surface area contributed by atoms with Crippen molar-refractivity contribution in [2.45, 2.75) is 39.3 Å². The van der Waals surface area contributed by atoms with Crippen LogP contribution in [0.5, 0.6) is 0 Å². The Bertz CT molecular complexity index is 687. The number of amides is 1. The van der Waals surface area contributed by atoms with Gasteiger partial charge >= 0.3 is 5.76 Å². The molecule has 1 aromatic heterocycles. The van der Waals surface area contributed by atoms with Crippen LogP contribution in [-0.2, 0) is 9.53 Å². The number of hydrogen-bond donors (Lipinski definition) is 1. The van der Waals surface area contributed by atoms with Crippen molar-refractivity contribution >= 4 is 17.0 Å². The van der Waals surface area contributed by atoms with E-state index in [1.165, 1.54) is 4.57 Å². The number of para-hydroxylation sites is 2. The molecule has 0 saturated heterocycles. The fraction of sp³-hybridized carbons (Fsp3) is 0.500. The smallest absolute Gasteiger partial charge is 0.408 e. The molecular formula is C16H22N2O4. The number of rotatable bonds is 7. The number of carbonyl (C=O) groups excluding carboxylic acids is 1. The molecule has 1 atom stereocenters. The number of ether oxygens (including phenoxy) is 1. The molecule has 0 aliphatic carbocycles. The van der Waals surface area contributed by atoms with Crippen LogP contribution in [0, 0.1) is 0 Å². The summed E-state index contributed by atoms with van der Waals surface area (Å²) in [6, 6.07) is 6.44. The zero-order valence-corrected chi connectivity index (χ0v) is 13.2. The number of carbonyl (C=O) groups is 1. The van der Waals surface area contributed by atoms with E-state index in [-0.39, 0.29) is 12.0 Å². The number of benzene rings is 1. The lowest BCUT2D eigenvalue weighted by Gasteiger charge is -2.13. The Hall–Kier alpha value is -2.08. The molecule has 22 heavy (non-hydrogen) atoms. The summed E-state index contributed by atoms with van der Waals surface area (Å²) in [5, 5.41) is 2.82. The van der Waals surface area contributed by atoms with Crippen molar-refractivity contribution in [3.63, 3.8) is 0 Å². The van der Waals surface area contributed by atoms with Gasteiger partial charge in [-0.1, -0.05) is 12.1 Å². The number of oxazole rings is 1. The fourth-order valence-electron chi connectivity index (χ4n) is 2.22. The lowest BCUT2D eigenvalue weighted by atomic mass is 10.2. The van der Waals surface area contributed by atoms with Crippen molar-refractivity contribution in [1.82, 2.24) is 9.88 Å². The van der Waals surface area contributed by atoms with E-state index in [1.807, 2.05) is 19.9 Å². The minimum atomic E-state index is -0.623. The van der Waals surface area contributed by atoms with E-state index in [0.717, 1.165) is 6.42 Å². The first kappa shape index (κ1) is 16.3. The van der Waals surface area contributed by atoms with Crippen LogP contribution < -0.4 is 11.1 Å². The number of nitrogens with zero attached hydrogens (tertiary/aromatic N) is 1. The van der Waals surface area contributed by atoms with Crippen molar-refractivity contribution in [3.05, 3.63) is 34.8 Å². The SMILES string of the molecule is CC(C)OCCCNC(=O)C(C)n1c(=O)oc2ccccc21. The van der Waals surface area contributed by atoms with E-state index >= 15 is 0 Å². The minimum absolute atomic E-state index is 0.186. The highest BCUT2D eigenvalue weighted by Crippen LogP contribution is 2.16. The van der Waals surface area contributed by atoms with E-state index < -0.39 is 11.8 Å². The summed E-state index contributed by atoms with van der Waals surface area (Å²) in [5.41, 5.74) is 1.11. The van der Waals surface area contributed by atoms with Crippen LogP contribution in [0.4, 0.5) is 0 Å². The third kappa shape index (κ3) is 3.76. The Labute approximate surface area is 129 Å². The number of aromatic nitrogens is 1. The molecule has 120 valence electrons. The van der Waals surface area contributed by atoms with Gasteiger partial charge in [0.1, 0.15) is 6.04 Å². The van der Waals surface area contributed by atoms with Crippen molar-refractivity contribution in [1.29, 1.82) is 0 Å². The molecule has 0 spiro atoms. The molecule has 0 saturated carbocycles. The number of hydrogen-bond acceptors (Lipinski definition) is 4. The van der Waals surface area contributed by atoms with E-state index in [9.17, 15) is 9.59 Å². The Morgan fingerprint density at radius 2 is 2.05 bits per heavy atom. The van der Waals surface area contributed by atoms with Gasteiger partial charge in [0.25, 0.3) is 0 Å². The first-order valence-electron chi connectivity index (χ1n) is 7.50. The Morgan fingerprint density at radius 3 is 2.77 bits per heavy atom. The first-order chi connectivity index (χ1) is 10.5. The van der Waals surface area contributed by atoms with Gasteiger partial charge in [-0.05, 0) is 39.3 Å². The monoisotopic (exact) mass is 306 g/mol. The second-order valence-corrected chi connectivity index (χ2v) is 5.45. The van der Waals surface area contributed by atoms with Gasteiger partial charge in [0.15, 0.2) is 5.58 Å². The summed E-state index contributed by atoms with van der Waals surface area (Å²) in [6.07, 6.45) is 0.919. The number of fused-ring (bicyclic) bond motifs is 1. The van der Waals surface area contributed by atoms with Crippen molar-refractivity contribution in [2.24, 2.45) is 0 Å². The normalized spacial score (nSPS) is 12.7. The van der Waals surface area contributed by atoms with Crippen molar-refractivity contribution in [3.8, 4) is 0 Å². The summed E-state index contributed by atoms with van der Waals surface area (Å²) in [6.45, 7) is 6.73. The predicted molar refractivity (Wildman–Crippen MR) is 83.9 cm³/mol. The van der Waals surface area contributed by atoms with Gasteiger partial charge in [0, 0.05) is 13.2 Å². The van der Waals surface area contributed by atoms with Gasteiger partial charge in [-0.15, -0.1) is 0 Å². The van der Waals surface area contributed by atoms with Crippen molar-refractivity contribution < 1.29 is 13.9 Å². The van der Waals surface area contributed by atoms with Crippen LogP contribution in [0.25, 0.3) is 11.1 Å². The molecule has 1 N–H and O–H groups in total. The summed E-state index contributed by atoms with van der Waals surface area (Å²) < 4.78 is 11.9. The van der Waals surface area contributed by atoms with Crippen LogP contribution in [0.15, 0.2) is 33.5 Å². The molecule has 0 fully saturated rings. The Balaban J connectivity index is 1.98. The lowest BCUT2D eigenvalue weighted by molar-refractivity contribution is -0.123. The van der Waals surface area contributed by atoms with Gasteiger partial charge in [0.2, 0.25) is 5.91 Å². The van der Waals surface area contributed by atoms with Crippen LogP contribution in [0.3, 0.4) is 0 Å². The maximum Gasteiger partial charge on any atom is 0.420 e. The maximum absolute atomic E-state index is 12.2. The van der Waals surface area contributed by atoms with Gasteiger partial charge in [-0.25, -0.2) is 4.79 Å². The van der Waals surface area contributed by atoms with E-state index in [1.54, 1.807) is 25.1 Å². The molecule has 0 bridgehead atoms. The summed E-state index contributed by atoms with van der Waals surface area (Å²) in [7, 11) is 0. The van der Waals surface area contributed by atoms with Crippen molar-refractivity contribution in [2.75, 3.05) is 13.2 Å². The molecular weight excluding hydrogens is 284 g/mol. The minimum Gasteiger partial charge on any atom is -0.408 e. The largest absolute Gasteiger partial charge is 0.420 e. The average molecular weight is 306 g/mol. The van der Waals surface area contributed by atoms with Crippen LogP contribution in [-0.4, -0.2) is 29.7 Å². The molecule has 6 heteroatoms. The maximum atomic E-state index is 12.2. The summed E-state index contributed by atoms with van der Waals surface area (Å²) >= 11 is 0. The van der Waals surface area contributed by atoms with Gasteiger partial charge in [-0.2, -0.15) is 0 Å². The molecule has 0 aliphatic heterocycles. The lowest BCUT2D eigenvalue weighted by Crippen LogP contribution is -2.35. The second-order valence-electron chi connectivity index (χ2n) is 5.45. The number of nitrogens with one attached hydrogen (secondary N) is 1. The van der Waals surface area contributed by atoms with E-state index in [4.69, 9.17) is 9.15 Å².